The highest BCUT2D eigenvalue weighted by Gasteiger charge is 2.20. The summed E-state index contributed by atoms with van der Waals surface area (Å²) in [5.74, 6) is -0.208. The minimum Gasteiger partial charge on any atom is -0.451 e. The number of halogens is 1. The van der Waals surface area contributed by atoms with Crippen LogP contribution in [0.5, 0.6) is 0 Å². The lowest BCUT2D eigenvalue weighted by molar-refractivity contribution is 0.0913. The van der Waals surface area contributed by atoms with Gasteiger partial charge in [-0.25, -0.2) is 13.6 Å². The summed E-state index contributed by atoms with van der Waals surface area (Å²) in [6.07, 6.45) is 0. The number of fused-ring (bicyclic) bond motifs is 1. The summed E-state index contributed by atoms with van der Waals surface area (Å²) in [5.41, 5.74) is 1.87. The molecule has 1 heterocycles. The Morgan fingerprint density at radius 2 is 1.96 bits per heavy atom. The van der Waals surface area contributed by atoms with Crippen LogP contribution in [0, 0.1) is 6.92 Å². The lowest BCUT2D eigenvalue weighted by Crippen LogP contribution is -2.27. The van der Waals surface area contributed by atoms with E-state index in [2.05, 4.69) is 5.32 Å². The zero-order valence-electron chi connectivity index (χ0n) is 14.1. The Morgan fingerprint density at radius 1 is 1.23 bits per heavy atom. The molecule has 0 spiro atoms. The Balaban J connectivity index is 1.87. The number of benzene rings is 2. The third-order valence-corrected chi connectivity index (χ3v) is 5.28. The highest BCUT2D eigenvalue weighted by atomic mass is 35.5. The van der Waals surface area contributed by atoms with Crippen LogP contribution < -0.4 is 10.5 Å². The monoisotopic (exact) mass is 392 g/mol. The Labute approximate surface area is 156 Å². The minimum absolute atomic E-state index is 0.00865. The van der Waals surface area contributed by atoms with Gasteiger partial charge in [0.25, 0.3) is 5.91 Å². The summed E-state index contributed by atoms with van der Waals surface area (Å²) in [6, 6.07) is 10.8. The number of nitrogens with two attached hydrogens (primary N) is 1. The summed E-state index contributed by atoms with van der Waals surface area (Å²) in [4.78, 5) is 12.6. The van der Waals surface area contributed by atoms with Crippen molar-refractivity contribution in [2.75, 3.05) is 0 Å². The molecule has 0 saturated carbocycles. The molecule has 0 bridgehead atoms. The van der Waals surface area contributed by atoms with E-state index < -0.39 is 22.0 Å². The lowest BCUT2D eigenvalue weighted by Gasteiger charge is -2.14. The number of rotatable bonds is 4. The zero-order valence-corrected chi connectivity index (χ0v) is 15.7. The highest BCUT2D eigenvalue weighted by molar-refractivity contribution is 7.89. The van der Waals surface area contributed by atoms with Crippen LogP contribution in [-0.4, -0.2) is 14.3 Å². The summed E-state index contributed by atoms with van der Waals surface area (Å²) in [6.45, 7) is 3.53. The first kappa shape index (κ1) is 18.4. The lowest BCUT2D eigenvalue weighted by atomic mass is 10.1. The quantitative estimate of drug-likeness (QED) is 0.708. The van der Waals surface area contributed by atoms with Gasteiger partial charge in [0.2, 0.25) is 10.0 Å². The fraction of sp³-hybridized carbons (Fsp3) is 0.167. The van der Waals surface area contributed by atoms with Crippen LogP contribution in [0.4, 0.5) is 0 Å². The molecule has 0 aliphatic heterocycles. The van der Waals surface area contributed by atoms with Gasteiger partial charge >= 0.3 is 0 Å². The van der Waals surface area contributed by atoms with Crippen molar-refractivity contribution in [3.05, 3.63) is 64.4 Å². The predicted molar refractivity (Wildman–Crippen MR) is 99.7 cm³/mol. The number of sulfonamides is 1. The molecule has 0 aliphatic carbocycles. The van der Waals surface area contributed by atoms with Gasteiger partial charge in [0.15, 0.2) is 5.76 Å². The van der Waals surface area contributed by atoms with E-state index in [0.717, 1.165) is 5.39 Å². The van der Waals surface area contributed by atoms with E-state index in [1.807, 2.05) is 0 Å². The van der Waals surface area contributed by atoms with Crippen molar-refractivity contribution in [3.8, 4) is 0 Å². The Morgan fingerprint density at radius 3 is 2.65 bits per heavy atom. The van der Waals surface area contributed by atoms with Gasteiger partial charge < -0.3 is 9.73 Å². The molecule has 3 aromatic rings. The second kappa shape index (κ2) is 6.75. The third kappa shape index (κ3) is 3.60. The van der Waals surface area contributed by atoms with Gasteiger partial charge in [0, 0.05) is 16.0 Å². The minimum atomic E-state index is -3.81. The summed E-state index contributed by atoms with van der Waals surface area (Å²) >= 11 is 5.99. The first-order valence-corrected chi connectivity index (χ1v) is 9.71. The molecule has 136 valence electrons. The average Bonchev–Trinajstić information content (AvgIpc) is 2.91. The normalized spacial score (nSPS) is 12.9. The van der Waals surface area contributed by atoms with Crippen LogP contribution in [0.2, 0.25) is 5.02 Å². The van der Waals surface area contributed by atoms with Crippen LogP contribution in [-0.2, 0) is 10.0 Å². The largest absolute Gasteiger partial charge is 0.451 e. The number of aryl methyl sites for hydroxylation is 1. The first-order chi connectivity index (χ1) is 12.2. The van der Waals surface area contributed by atoms with E-state index in [1.54, 1.807) is 44.2 Å². The maximum absolute atomic E-state index is 12.6. The van der Waals surface area contributed by atoms with E-state index in [-0.39, 0.29) is 10.7 Å². The summed E-state index contributed by atoms with van der Waals surface area (Å²) < 4.78 is 28.6. The molecular formula is C18H17ClN2O4S. The fourth-order valence-electron chi connectivity index (χ4n) is 2.72. The fourth-order valence-corrected chi connectivity index (χ4v) is 3.46. The van der Waals surface area contributed by atoms with Crippen LogP contribution in [0.15, 0.2) is 51.8 Å². The summed E-state index contributed by atoms with van der Waals surface area (Å²) in [7, 11) is -3.81. The predicted octanol–water partition coefficient (Wildman–Crippen LogP) is 3.53. The molecule has 8 heteroatoms. The number of furan rings is 1. The molecule has 0 fully saturated rings. The number of primary sulfonamides is 1. The van der Waals surface area contributed by atoms with E-state index in [4.69, 9.17) is 21.2 Å². The summed E-state index contributed by atoms with van der Waals surface area (Å²) in [5, 5.41) is 9.29. The first-order valence-electron chi connectivity index (χ1n) is 7.79. The molecule has 3 rings (SSSR count). The molecule has 2 aromatic carbocycles. The number of hydrogen-bond donors (Lipinski definition) is 2. The van der Waals surface area contributed by atoms with Gasteiger partial charge in [-0.1, -0.05) is 23.7 Å². The van der Waals surface area contributed by atoms with Crippen molar-refractivity contribution in [2.45, 2.75) is 24.8 Å². The van der Waals surface area contributed by atoms with Gasteiger partial charge in [-0.05, 0) is 49.7 Å². The molecule has 0 radical (unpaired) electrons. The Bertz CT molecular complexity index is 1110. The molecular weight excluding hydrogens is 376 g/mol. The maximum atomic E-state index is 12.6. The van der Waals surface area contributed by atoms with Gasteiger partial charge in [-0.3, -0.25) is 4.79 Å². The van der Waals surface area contributed by atoms with E-state index >= 15 is 0 Å². The van der Waals surface area contributed by atoms with Gasteiger partial charge in [0.05, 0.1) is 10.9 Å². The van der Waals surface area contributed by atoms with Crippen LogP contribution in [0.1, 0.15) is 34.6 Å². The van der Waals surface area contributed by atoms with Crippen molar-refractivity contribution >= 4 is 38.5 Å². The Hall–Kier alpha value is -2.35. The highest BCUT2D eigenvalue weighted by Crippen LogP contribution is 2.28. The molecule has 1 amide bonds. The zero-order chi connectivity index (χ0) is 19.1. The second-order valence-electron chi connectivity index (χ2n) is 6.01. The van der Waals surface area contributed by atoms with Crippen molar-refractivity contribution < 1.29 is 17.6 Å². The van der Waals surface area contributed by atoms with Gasteiger partial charge in [0.1, 0.15) is 5.58 Å². The second-order valence-corrected chi connectivity index (χ2v) is 8.01. The molecule has 6 nitrogen and oxygen atoms in total. The average molecular weight is 393 g/mol. The number of amides is 1. The molecule has 3 N–H and O–H groups in total. The Kier molecular flexibility index (Phi) is 4.79. The molecule has 0 aliphatic rings. The van der Waals surface area contributed by atoms with Crippen LogP contribution in [0.3, 0.4) is 0 Å². The number of hydrogen-bond acceptors (Lipinski definition) is 4. The third-order valence-electron chi connectivity index (χ3n) is 4.14. The topological polar surface area (TPSA) is 102 Å². The van der Waals surface area contributed by atoms with Crippen LogP contribution in [0.25, 0.3) is 11.0 Å². The smallest absolute Gasteiger partial charge is 0.287 e. The maximum Gasteiger partial charge on any atom is 0.287 e. The molecule has 1 atom stereocenters. The molecule has 1 aromatic heterocycles. The molecule has 0 saturated heterocycles. The van der Waals surface area contributed by atoms with E-state index in [0.29, 0.717) is 21.7 Å². The number of nitrogens with one attached hydrogen (secondary N) is 1. The standard InChI is InChI=1S/C18H17ClN2O4S/c1-10-15-9-13(19)6-7-16(15)25-17(10)18(22)21-11(2)12-4-3-5-14(8-12)26(20,23)24/h3-9,11H,1-2H3,(H,21,22)(H2,20,23,24). The van der Waals surface area contributed by atoms with Crippen LogP contribution >= 0.6 is 11.6 Å². The van der Waals surface area contributed by atoms with Crippen molar-refractivity contribution in [2.24, 2.45) is 5.14 Å². The van der Waals surface area contributed by atoms with Crippen molar-refractivity contribution in [1.29, 1.82) is 0 Å². The number of carbonyl (C=O) groups excluding carboxylic acids is 1. The van der Waals surface area contributed by atoms with Crippen molar-refractivity contribution in [1.82, 2.24) is 5.32 Å². The molecule has 26 heavy (non-hydrogen) atoms. The number of carbonyl (C=O) groups is 1. The van der Waals surface area contributed by atoms with E-state index in [9.17, 15) is 13.2 Å². The SMILES string of the molecule is Cc1c(C(=O)NC(C)c2cccc(S(N)(=O)=O)c2)oc2ccc(Cl)cc12. The van der Waals surface area contributed by atoms with Gasteiger partial charge in [-0.15, -0.1) is 0 Å². The van der Waals surface area contributed by atoms with E-state index in [1.165, 1.54) is 12.1 Å². The molecule has 1 unspecified atom stereocenters. The van der Waals surface area contributed by atoms with Crippen molar-refractivity contribution in [3.63, 3.8) is 0 Å². The van der Waals surface area contributed by atoms with Gasteiger partial charge in [-0.2, -0.15) is 0 Å².